The molecule has 1 nitrogen and oxygen atoms in total. The van der Waals surface area contributed by atoms with Crippen LogP contribution in [-0.2, 0) is 0 Å². The second-order valence-corrected chi connectivity index (χ2v) is 6.23. The number of hydrogen-bond acceptors (Lipinski definition) is 1. The molecule has 0 aromatic rings. The Morgan fingerprint density at radius 3 is 1.50 bits per heavy atom. The van der Waals surface area contributed by atoms with Crippen molar-refractivity contribution in [2.24, 2.45) is 5.50 Å². The highest BCUT2D eigenvalue weighted by molar-refractivity contribution is 7.55. The standard InChI is InChI=1S/C12H28NP/c1-3-5-7-9-11-14(13)12-10-8-6-4-2/h3-13H2,1-2H3. The third-order valence-electron chi connectivity index (χ3n) is 2.60. The van der Waals surface area contributed by atoms with Crippen molar-refractivity contribution < 1.29 is 0 Å². The molecule has 14 heavy (non-hydrogen) atoms. The van der Waals surface area contributed by atoms with Gasteiger partial charge in [-0.25, -0.2) is 0 Å². The summed E-state index contributed by atoms with van der Waals surface area (Å²) in [7, 11) is -0.114. The topological polar surface area (TPSA) is 26.0 Å². The van der Waals surface area contributed by atoms with Crippen LogP contribution in [0.3, 0.4) is 0 Å². The summed E-state index contributed by atoms with van der Waals surface area (Å²) < 4.78 is 0. The van der Waals surface area contributed by atoms with E-state index in [9.17, 15) is 0 Å². The summed E-state index contributed by atoms with van der Waals surface area (Å²) >= 11 is 0. The monoisotopic (exact) mass is 217 g/mol. The van der Waals surface area contributed by atoms with E-state index in [2.05, 4.69) is 13.8 Å². The average molecular weight is 217 g/mol. The van der Waals surface area contributed by atoms with Gasteiger partial charge in [-0.2, -0.15) is 0 Å². The van der Waals surface area contributed by atoms with Crippen LogP contribution in [0.1, 0.15) is 65.2 Å². The maximum atomic E-state index is 6.10. The molecule has 0 saturated heterocycles. The molecule has 0 atom stereocenters. The summed E-state index contributed by atoms with van der Waals surface area (Å²) in [5, 5.41) is 0. The number of nitrogens with two attached hydrogens (primary N) is 1. The third kappa shape index (κ3) is 10.5. The Morgan fingerprint density at radius 1 is 0.714 bits per heavy atom. The summed E-state index contributed by atoms with van der Waals surface area (Å²) in [5.41, 5.74) is 6.10. The maximum absolute atomic E-state index is 6.10. The van der Waals surface area contributed by atoms with Crippen molar-refractivity contribution >= 4 is 8.07 Å². The van der Waals surface area contributed by atoms with E-state index in [0.717, 1.165) is 0 Å². The van der Waals surface area contributed by atoms with Crippen molar-refractivity contribution in [3.8, 4) is 0 Å². The number of unbranched alkanes of at least 4 members (excludes halogenated alkanes) is 6. The molecule has 0 saturated carbocycles. The zero-order valence-electron chi connectivity index (χ0n) is 10.1. The molecule has 0 bridgehead atoms. The van der Waals surface area contributed by atoms with Crippen LogP contribution in [0.25, 0.3) is 0 Å². The van der Waals surface area contributed by atoms with Gasteiger partial charge in [-0.3, -0.25) is 0 Å². The first kappa shape index (κ1) is 14.4. The van der Waals surface area contributed by atoms with Gasteiger partial charge in [-0.1, -0.05) is 52.4 Å². The van der Waals surface area contributed by atoms with Gasteiger partial charge in [0.25, 0.3) is 0 Å². The fraction of sp³-hybridized carbons (Fsp3) is 1.00. The molecule has 0 fully saturated rings. The maximum Gasteiger partial charge on any atom is -0.0196 e. The molecule has 0 aromatic carbocycles. The molecule has 2 N–H and O–H groups in total. The van der Waals surface area contributed by atoms with Crippen LogP contribution in [0.15, 0.2) is 0 Å². The predicted octanol–water partition coefficient (Wildman–Crippen LogP) is 4.50. The molecule has 0 unspecified atom stereocenters. The van der Waals surface area contributed by atoms with Crippen LogP contribution in [0.2, 0.25) is 0 Å². The normalized spacial score (nSPS) is 11.1. The first-order chi connectivity index (χ1) is 6.81. The number of hydrogen-bond donors (Lipinski definition) is 1. The lowest BCUT2D eigenvalue weighted by atomic mass is 10.2. The highest BCUT2D eigenvalue weighted by Gasteiger charge is 2.00. The summed E-state index contributed by atoms with van der Waals surface area (Å²) in [4.78, 5) is 0. The Balaban J connectivity index is 3.07. The first-order valence-electron chi connectivity index (χ1n) is 6.30. The first-order valence-corrected chi connectivity index (χ1v) is 8.09. The molecule has 0 aliphatic heterocycles. The minimum Gasteiger partial charge on any atom is -0.310 e. The molecule has 0 spiro atoms. The Kier molecular flexibility index (Phi) is 11.8. The molecular formula is C12H28NP. The second-order valence-electron chi connectivity index (χ2n) is 4.16. The van der Waals surface area contributed by atoms with E-state index in [4.69, 9.17) is 5.50 Å². The van der Waals surface area contributed by atoms with Gasteiger partial charge in [0.2, 0.25) is 0 Å². The third-order valence-corrected chi connectivity index (χ3v) is 4.38. The quantitative estimate of drug-likeness (QED) is 0.423. The molecule has 0 aromatic heterocycles. The Hall–Kier alpha value is 0.390. The largest absolute Gasteiger partial charge is 0.310 e. The molecular weight excluding hydrogens is 189 g/mol. The van der Waals surface area contributed by atoms with Crippen LogP contribution in [0.5, 0.6) is 0 Å². The zero-order chi connectivity index (χ0) is 10.6. The molecule has 0 amide bonds. The van der Waals surface area contributed by atoms with E-state index in [1.807, 2.05) is 0 Å². The smallest absolute Gasteiger partial charge is 0.0196 e. The summed E-state index contributed by atoms with van der Waals surface area (Å²) in [5.74, 6) is 0. The Bertz CT molecular complexity index is 94.5. The van der Waals surface area contributed by atoms with Crippen molar-refractivity contribution in [2.45, 2.75) is 65.2 Å². The van der Waals surface area contributed by atoms with Crippen molar-refractivity contribution in [2.75, 3.05) is 12.3 Å². The van der Waals surface area contributed by atoms with Crippen LogP contribution in [0, 0.1) is 0 Å². The van der Waals surface area contributed by atoms with Crippen molar-refractivity contribution in [1.29, 1.82) is 0 Å². The minimum absolute atomic E-state index is 0.114. The zero-order valence-corrected chi connectivity index (χ0v) is 11.0. The predicted molar refractivity (Wildman–Crippen MR) is 69.1 cm³/mol. The van der Waals surface area contributed by atoms with Crippen LogP contribution < -0.4 is 5.50 Å². The van der Waals surface area contributed by atoms with E-state index >= 15 is 0 Å². The Morgan fingerprint density at radius 2 is 1.14 bits per heavy atom. The summed E-state index contributed by atoms with van der Waals surface area (Å²) in [6.07, 6.45) is 13.6. The van der Waals surface area contributed by atoms with Gasteiger partial charge in [0, 0.05) is 0 Å². The molecule has 0 aliphatic rings. The van der Waals surface area contributed by atoms with E-state index in [0.29, 0.717) is 0 Å². The van der Waals surface area contributed by atoms with Gasteiger partial charge < -0.3 is 5.50 Å². The summed E-state index contributed by atoms with van der Waals surface area (Å²) in [6.45, 7) is 4.52. The highest BCUT2D eigenvalue weighted by atomic mass is 31.1. The van der Waals surface area contributed by atoms with Crippen LogP contribution >= 0.6 is 8.07 Å². The van der Waals surface area contributed by atoms with Gasteiger partial charge in [0.05, 0.1) is 0 Å². The fourth-order valence-electron chi connectivity index (χ4n) is 1.60. The lowest BCUT2D eigenvalue weighted by molar-refractivity contribution is 0.696. The van der Waals surface area contributed by atoms with E-state index in [1.54, 1.807) is 0 Å². The van der Waals surface area contributed by atoms with Crippen molar-refractivity contribution in [3.63, 3.8) is 0 Å². The molecule has 86 valence electrons. The molecule has 0 radical (unpaired) electrons. The van der Waals surface area contributed by atoms with Gasteiger partial charge in [0.1, 0.15) is 0 Å². The lowest BCUT2D eigenvalue weighted by Gasteiger charge is -2.11. The number of rotatable bonds is 10. The highest BCUT2D eigenvalue weighted by Crippen LogP contribution is 2.28. The second kappa shape index (κ2) is 11.5. The van der Waals surface area contributed by atoms with E-state index in [-0.39, 0.29) is 8.07 Å². The average Bonchev–Trinajstić information content (AvgIpc) is 2.19. The van der Waals surface area contributed by atoms with Crippen LogP contribution in [0.4, 0.5) is 0 Å². The van der Waals surface area contributed by atoms with Gasteiger partial charge in [-0.15, -0.1) is 0 Å². The van der Waals surface area contributed by atoms with Gasteiger partial charge in [0.15, 0.2) is 0 Å². The van der Waals surface area contributed by atoms with Gasteiger partial charge >= 0.3 is 0 Å². The molecule has 2 heteroatoms. The molecule has 0 rings (SSSR count). The molecule has 0 heterocycles. The van der Waals surface area contributed by atoms with E-state index < -0.39 is 0 Å². The molecule has 0 aliphatic carbocycles. The minimum atomic E-state index is -0.114. The summed E-state index contributed by atoms with van der Waals surface area (Å²) in [6, 6.07) is 0. The SMILES string of the molecule is CCCCCCP(N)CCCCCC. The fourth-order valence-corrected chi connectivity index (χ4v) is 3.08. The van der Waals surface area contributed by atoms with Crippen LogP contribution in [-0.4, -0.2) is 12.3 Å². The van der Waals surface area contributed by atoms with Gasteiger partial charge in [-0.05, 0) is 33.2 Å². The van der Waals surface area contributed by atoms with Crippen molar-refractivity contribution in [1.82, 2.24) is 0 Å². The Labute approximate surface area is 91.6 Å². The van der Waals surface area contributed by atoms with Crippen molar-refractivity contribution in [3.05, 3.63) is 0 Å². The lowest BCUT2D eigenvalue weighted by Crippen LogP contribution is -1.99. The van der Waals surface area contributed by atoms with E-state index in [1.165, 1.54) is 63.7 Å².